The van der Waals surface area contributed by atoms with E-state index >= 15 is 0 Å². The van der Waals surface area contributed by atoms with Crippen molar-refractivity contribution in [2.24, 2.45) is 0 Å². The van der Waals surface area contributed by atoms with E-state index in [-0.39, 0.29) is 30.6 Å². The van der Waals surface area contributed by atoms with Crippen molar-refractivity contribution in [1.29, 1.82) is 0 Å². The Bertz CT molecular complexity index is 1470. The Morgan fingerprint density at radius 1 is 0.895 bits per heavy atom. The number of aliphatic hydroxyl groups excluding tert-OH is 1. The van der Waals surface area contributed by atoms with E-state index in [1.807, 2.05) is 72.8 Å². The van der Waals surface area contributed by atoms with E-state index in [0.717, 1.165) is 22.3 Å². The molecule has 8 nitrogen and oxygen atoms in total. The normalized spacial score (nSPS) is 12.5. The Morgan fingerprint density at radius 3 is 2.32 bits per heavy atom. The molecular weight excluding hydrogens is 506 g/mol. The zero-order valence-corrected chi connectivity index (χ0v) is 21.1. The standard InChI is InChI=1S/C29H26ClN3O5/c30-23-8-4-7-22(16-23)21-11-9-19(10-12-21)15-24(17-26(34)29(37)38)31-28(36)25-13-14-27(35)33(32-25)18-20-5-2-1-3-6-20/h1-14,16,24,26,34H,15,17-18H2,(H,31,36)(H,37,38)/t24-,26-/m1/s1. The molecule has 1 heterocycles. The molecule has 1 aromatic heterocycles. The SMILES string of the molecule is O=C(N[C@H](Cc1ccc(-c2cccc(Cl)c2)cc1)C[C@@H](O)C(=O)O)c1ccc(=O)n(Cc2ccccc2)n1. The Hall–Kier alpha value is -4.27. The van der Waals surface area contributed by atoms with Gasteiger partial charge in [0.1, 0.15) is 5.69 Å². The minimum atomic E-state index is -1.66. The number of hydrogen-bond acceptors (Lipinski definition) is 5. The summed E-state index contributed by atoms with van der Waals surface area (Å²) in [6, 6.07) is 26.2. The van der Waals surface area contributed by atoms with Crippen molar-refractivity contribution in [3.8, 4) is 11.1 Å². The summed E-state index contributed by atoms with van der Waals surface area (Å²) >= 11 is 6.09. The maximum Gasteiger partial charge on any atom is 0.332 e. The van der Waals surface area contributed by atoms with E-state index in [2.05, 4.69) is 10.4 Å². The van der Waals surface area contributed by atoms with Crippen molar-refractivity contribution < 1.29 is 19.8 Å². The minimum absolute atomic E-state index is 0.00616. The number of aromatic nitrogens is 2. The lowest BCUT2D eigenvalue weighted by Crippen LogP contribution is -2.41. The van der Waals surface area contributed by atoms with Crippen molar-refractivity contribution in [3.63, 3.8) is 0 Å². The molecule has 1 amide bonds. The van der Waals surface area contributed by atoms with Gasteiger partial charge in [-0.15, -0.1) is 0 Å². The van der Waals surface area contributed by atoms with E-state index in [1.54, 1.807) is 6.07 Å². The zero-order chi connectivity index (χ0) is 27.1. The minimum Gasteiger partial charge on any atom is -0.479 e. The fraction of sp³-hybridized carbons (Fsp3) is 0.172. The second-order valence-electron chi connectivity index (χ2n) is 8.87. The summed E-state index contributed by atoms with van der Waals surface area (Å²) < 4.78 is 1.19. The number of aliphatic carboxylic acids is 1. The quantitative estimate of drug-likeness (QED) is 0.286. The molecule has 0 radical (unpaired) electrons. The maximum atomic E-state index is 13.1. The lowest BCUT2D eigenvalue weighted by molar-refractivity contribution is -0.147. The van der Waals surface area contributed by atoms with Crippen LogP contribution in [0.2, 0.25) is 5.02 Å². The molecule has 9 heteroatoms. The van der Waals surface area contributed by atoms with Crippen LogP contribution in [-0.2, 0) is 17.8 Å². The Labute approximate surface area is 224 Å². The fourth-order valence-corrected chi connectivity index (χ4v) is 4.24. The van der Waals surface area contributed by atoms with E-state index in [4.69, 9.17) is 11.6 Å². The number of nitrogens with zero attached hydrogens (tertiary/aromatic N) is 2. The number of carboxylic acids is 1. The Balaban J connectivity index is 1.51. The lowest BCUT2D eigenvalue weighted by atomic mass is 9.97. The molecule has 0 unspecified atom stereocenters. The first-order chi connectivity index (χ1) is 18.3. The van der Waals surface area contributed by atoms with E-state index in [0.29, 0.717) is 5.02 Å². The predicted molar refractivity (Wildman–Crippen MR) is 144 cm³/mol. The molecule has 3 N–H and O–H groups in total. The molecule has 194 valence electrons. The number of carbonyl (C=O) groups is 2. The highest BCUT2D eigenvalue weighted by Gasteiger charge is 2.23. The number of benzene rings is 3. The maximum absolute atomic E-state index is 13.1. The number of rotatable bonds is 10. The number of amides is 1. The van der Waals surface area contributed by atoms with Gasteiger partial charge in [-0.2, -0.15) is 5.10 Å². The van der Waals surface area contributed by atoms with Crippen LogP contribution in [0, 0.1) is 0 Å². The van der Waals surface area contributed by atoms with Crippen LogP contribution in [0.3, 0.4) is 0 Å². The lowest BCUT2D eigenvalue weighted by Gasteiger charge is -2.20. The van der Waals surface area contributed by atoms with Gasteiger partial charge in [-0.05, 0) is 46.9 Å². The third-order valence-corrected chi connectivity index (χ3v) is 6.23. The number of carboxylic acid groups (broad SMARTS) is 1. The molecule has 4 rings (SSSR count). The van der Waals surface area contributed by atoms with Crippen LogP contribution < -0.4 is 10.9 Å². The number of carbonyl (C=O) groups excluding carboxylic acids is 1. The summed E-state index contributed by atoms with van der Waals surface area (Å²) in [5.74, 6) is -1.96. The molecule has 0 spiro atoms. The molecule has 0 fully saturated rings. The molecule has 4 aromatic rings. The van der Waals surface area contributed by atoms with Gasteiger partial charge < -0.3 is 15.5 Å². The van der Waals surface area contributed by atoms with E-state index in [1.165, 1.54) is 16.8 Å². The van der Waals surface area contributed by atoms with E-state index in [9.17, 15) is 24.6 Å². The van der Waals surface area contributed by atoms with Gasteiger partial charge in [-0.3, -0.25) is 9.59 Å². The summed E-state index contributed by atoms with van der Waals surface area (Å²) in [4.78, 5) is 36.7. The number of halogens is 1. The van der Waals surface area contributed by atoms with Crippen LogP contribution in [0.15, 0.2) is 95.8 Å². The second-order valence-corrected chi connectivity index (χ2v) is 9.31. The predicted octanol–water partition coefficient (Wildman–Crippen LogP) is 3.79. The van der Waals surface area contributed by atoms with Crippen LogP contribution in [0.4, 0.5) is 0 Å². The van der Waals surface area contributed by atoms with Crippen LogP contribution >= 0.6 is 11.6 Å². The molecule has 38 heavy (non-hydrogen) atoms. The van der Waals surface area contributed by atoms with Crippen LogP contribution in [0.1, 0.15) is 28.0 Å². The summed E-state index contributed by atoms with van der Waals surface area (Å²) in [5.41, 5.74) is 3.23. The van der Waals surface area contributed by atoms with Gasteiger partial charge in [-0.1, -0.05) is 78.3 Å². The second kappa shape index (κ2) is 12.3. The molecule has 0 aliphatic carbocycles. The van der Waals surface area contributed by atoms with Crippen molar-refractivity contribution in [1.82, 2.24) is 15.1 Å². The highest BCUT2D eigenvalue weighted by atomic mass is 35.5. The van der Waals surface area contributed by atoms with Gasteiger partial charge >= 0.3 is 5.97 Å². The monoisotopic (exact) mass is 531 g/mol. The fourth-order valence-electron chi connectivity index (χ4n) is 4.05. The van der Waals surface area contributed by atoms with Gasteiger partial charge in [-0.25, -0.2) is 9.48 Å². The van der Waals surface area contributed by atoms with Crippen molar-refractivity contribution in [2.75, 3.05) is 0 Å². The topological polar surface area (TPSA) is 122 Å². The molecule has 3 aromatic carbocycles. The molecule has 0 saturated carbocycles. The van der Waals surface area contributed by atoms with Crippen molar-refractivity contribution >= 4 is 23.5 Å². The molecule has 0 bridgehead atoms. The Kier molecular flexibility index (Phi) is 8.68. The average Bonchev–Trinajstić information content (AvgIpc) is 2.90. The van der Waals surface area contributed by atoms with Crippen molar-refractivity contribution in [2.45, 2.75) is 31.5 Å². The summed E-state index contributed by atoms with van der Waals surface area (Å²) in [5, 5.41) is 26.8. The molecular formula is C29H26ClN3O5. The molecule has 0 aliphatic heterocycles. The van der Waals surface area contributed by atoms with E-state index < -0.39 is 24.0 Å². The summed E-state index contributed by atoms with van der Waals surface area (Å²) in [7, 11) is 0. The molecule has 0 aliphatic rings. The average molecular weight is 532 g/mol. The van der Waals surface area contributed by atoms with Crippen LogP contribution in [0.5, 0.6) is 0 Å². The first-order valence-corrected chi connectivity index (χ1v) is 12.3. The third kappa shape index (κ3) is 7.15. The first-order valence-electron chi connectivity index (χ1n) is 12.0. The Morgan fingerprint density at radius 2 is 1.63 bits per heavy atom. The van der Waals surface area contributed by atoms with Gasteiger partial charge in [0.25, 0.3) is 11.5 Å². The molecule has 2 atom stereocenters. The third-order valence-electron chi connectivity index (χ3n) is 6.00. The zero-order valence-electron chi connectivity index (χ0n) is 20.3. The summed E-state index contributed by atoms with van der Waals surface area (Å²) in [6.07, 6.45) is -1.60. The van der Waals surface area contributed by atoms with Gasteiger partial charge in [0.05, 0.1) is 6.54 Å². The number of nitrogens with one attached hydrogen (secondary N) is 1. The van der Waals surface area contributed by atoms with Crippen LogP contribution in [0.25, 0.3) is 11.1 Å². The number of aliphatic hydroxyl groups is 1. The first kappa shape index (κ1) is 26.8. The highest BCUT2D eigenvalue weighted by molar-refractivity contribution is 6.30. The number of hydrogen-bond donors (Lipinski definition) is 3. The molecule has 0 saturated heterocycles. The van der Waals surface area contributed by atoms with Gasteiger partial charge in [0.15, 0.2) is 6.10 Å². The highest BCUT2D eigenvalue weighted by Crippen LogP contribution is 2.23. The smallest absolute Gasteiger partial charge is 0.332 e. The van der Waals surface area contributed by atoms with Gasteiger partial charge in [0, 0.05) is 23.6 Å². The summed E-state index contributed by atoms with van der Waals surface area (Å²) in [6.45, 7) is 0.195. The largest absolute Gasteiger partial charge is 0.479 e. The van der Waals surface area contributed by atoms with Crippen LogP contribution in [-0.4, -0.2) is 44.0 Å². The van der Waals surface area contributed by atoms with Crippen molar-refractivity contribution in [3.05, 3.63) is 123 Å². The van der Waals surface area contributed by atoms with Gasteiger partial charge in [0.2, 0.25) is 0 Å².